The van der Waals surface area contributed by atoms with Gasteiger partial charge in [-0.05, 0) is 32.8 Å². The van der Waals surface area contributed by atoms with E-state index in [9.17, 15) is 0 Å². The number of methoxy groups -OCH3 is 1. The van der Waals surface area contributed by atoms with Crippen LogP contribution >= 0.6 is 0 Å². The van der Waals surface area contributed by atoms with Crippen molar-refractivity contribution < 1.29 is 4.74 Å². The molecule has 0 aliphatic heterocycles. The fraction of sp³-hybridized carbons (Fsp3) is 0.533. The van der Waals surface area contributed by atoms with Crippen molar-refractivity contribution in [1.29, 1.82) is 0 Å². The van der Waals surface area contributed by atoms with Gasteiger partial charge in [-0.1, -0.05) is 25.8 Å². The third kappa shape index (κ3) is 3.76. The first-order valence-corrected chi connectivity index (χ1v) is 6.59. The summed E-state index contributed by atoms with van der Waals surface area (Å²) in [7, 11) is 1.69. The SMILES string of the molecule is CC/C=C(\OC)c1nc(C)cn1/C=C(\C)CCC. The van der Waals surface area contributed by atoms with Crippen LogP contribution in [0.5, 0.6) is 0 Å². The van der Waals surface area contributed by atoms with Crippen LogP contribution in [0.1, 0.15) is 51.6 Å². The van der Waals surface area contributed by atoms with E-state index in [1.54, 1.807) is 7.11 Å². The Labute approximate surface area is 110 Å². The van der Waals surface area contributed by atoms with E-state index in [1.807, 2.05) is 13.1 Å². The second-order valence-electron chi connectivity index (χ2n) is 4.52. The number of rotatable bonds is 6. The predicted octanol–water partition coefficient (Wildman–Crippen LogP) is 4.25. The maximum atomic E-state index is 5.42. The maximum absolute atomic E-state index is 5.42. The van der Waals surface area contributed by atoms with Gasteiger partial charge in [-0.2, -0.15) is 0 Å². The lowest BCUT2D eigenvalue weighted by Crippen LogP contribution is -1.98. The van der Waals surface area contributed by atoms with Crippen LogP contribution in [0.4, 0.5) is 0 Å². The molecule has 1 rings (SSSR count). The zero-order valence-corrected chi connectivity index (χ0v) is 12.2. The van der Waals surface area contributed by atoms with Gasteiger partial charge in [0.15, 0.2) is 11.6 Å². The number of hydrogen-bond donors (Lipinski definition) is 0. The summed E-state index contributed by atoms with van der Waals surface area (Å²) in [5, 5.41) is 0. The van der Waals surface area contributed by atoms with Gasteiger partial charge < -0.3 is 9.30 Å². The lowest BCUT2D eigenvalue weighted by atomic mass is 10.2. The number of aryl methyl sites for hydroxylation is 1. The lowest BCUT2D eigenvalue weighted by Gasteiger charge is -2.07. The van der Waals surface area contributed by atoms with Crippen LogP contribution in [0, 0.1) is 6.92 Å². The summed E-state index contributed by atoms with van der Waals surface area (Å²) in [5.74, 6) is 1.72. The van der Waals surface area contributed by atoms with Gasteiger partial charge in [-0.15, -0.1) is 0 Å². The Morgan fingerprint density at radius 2 is 2.17 bits per heavy atom. The van der Waals surface area contributed by atoms with Crippen LogP contribution in [0.15, 0.2) is 17.8 Å². The van der Waals surface area contributed by atoms with Crippen LogP contribution in [-0.4, -0.2) is 16.7 Å². The number of nitrogens with zero attached hydrogens (tertiary/aromatic N) is 2. The normalized spacial score (nSPS) is 12.9. The van der Waals surface area contributed by atoms with Gasteiger partial charge in [0.25, 0.3) is 0 Å². The highest BCUT2D eigenvalue weighted by molar-refractivity contribution is 5.56. The first-order valence-electron chi connectivity index (χ1n) is 6.59. The molecule has 0 unspecified atom stereocenters. The molecule has 0 atom stereocenters. The lowest BCUT2D eigenvalue weighted by molar-refractivity contribution is 0.364. The van der Waals surface area contributed by atoms with Crippen molar-refractivity contribution in [3.8, 4) is 0 Å². The molecule has 18 heavy (non-hydrogen) atoms. The van der Waals surface area contributed by atoms with E-state index >= 15 is 0 Å². The first-order chi connectivity index (χ1) is 8.62. The molecule has 3 nitrogen and oxygen atoms in total. The number of allylic oxidation sites excluding steroid dienone is 2. The fourth-order valence-electron chi connectivity index (χ4n) is 1.94. The van der Waals surface area contributed by atoms with Gasteiger partial charge in [0.05, 0.1) is 12.8 Å². The average molecular weight is 248 g/mol. The van der Waals surface area contributed by atoms with Crippen molar-refractivity contribution in [2.75, 3.05) is 7.11 Å². The molecule has 0 saturated heterocycles. The van der Waals surface area contributed by atoms with Crippen LogP contribution in [0.3, 0.4) is 0 Å². The second kappa shape index (κ2) is 7.04. The molecule has 0 N–H and O–H groups in total. The third-order valence-electron chi connectivity index (χ3n) is 2.69. The van der Waals surface area contributed by atoms with Crippen LogP contribution in [-0.2, 0) is 4.74 Å². The summed E-state index contributed by atoms with van der Waals surface area (Å²) in [6, 6.07) is 0. The van der Waals surface area contributed by atoms with Crippen molar-refractivity contribution in [3.05, 3.63) is 29.4 Å². The van der Waals surface area contributed by atoms with E-state index in [4.69, 9.17) is 4.74 Å². The minimum atomic E-state index is 0.839. The van der Waals surface area contributed by atoms with E-state index in [0.29, 0.717) is 0 Å². The molecule has 0 fully saturated rings. The van der Waals surface area contributed by atoms with E-state index < -0.39 is 0 Å². The highest BCUT2D eigenvalue weighted by Crippen LogP contribution is 2.18. The predicted molar refractivity (Wildman–Crippen MR) is 77.1 cm³/mol. The smallest absolute Gasteiger partial charge is 0.179 e. The fourth-order valence-corrected chi connectivity index (χ4v) is 1.94. The van der Waals surface area contributed by atoms with Gasteiger partial charge in [0, 0.05) is 12.4 Å². The van der Waals surface area contributed by atoms with Gasteiger partial charge in [0.1, 0.15) is 0 Å². The molecular weight excluding hydrogens is 224 g/mol. The Kier molecular flexibility index (Phi) is 5.69. The van der Waals surface area contributed by atoms with E-state index in [1.165, 1.54) is 5.57 Å². The Balaban J connectivity index is 3.13. The van der Waals surface area contributed by atoms with Crippen LogP contribution in [0.2, 0.25) is 0 Å². The molecule has 0 saturated carbocycles. The van der Waals surface area contributed by atoms with Crippen molar-refractivity contribution in [3.63, 3.8) is 0 Å². The van der Waals surface area contributed by atoms with Crippen LogP contribution in [0.25, 0.3) is 12.0 Å². The molecule has 0 aromatic carbocycles. The van der Waals surface area contributed by atoms with Crippen molar-refractivity contribution in [2.45, 2.75) is 47.0 Å². The molecule has 0 aliphatic rings. The second-order valence-corrected chi connectivity index (χ2v) is 4.52. The molecule has 0 spiro atoms. The number of aromatic nitrogens is 2. The first kappa shape index (κ1) is 14.6. The van der Waals surface area contributed by atoms with Gasteiger partial charge >= 0.3 is 0 Å². The van der Waals surface area contributed by atoms with Crippen LogP contribution < -0.4 is 0 Å². The molecule has 100 valence electrons. The monoisotopic (exact) mass is 248 g/mol. The molecule has 1 heterocycles. The van der Waals surface area contributed by atoms with E-state index in [2.05, 4.69) is 42.6 Å². The zero-order chi connectivity index (χ0) is 13.5. The van der Waals surface area contributed by atoms with E-state index in [0.717, 1.165) is 36.5 Å². The summed E-state index contributed by atoms with van der Waals surface area (Å²) in [5.41, 5.74) is 2.35. The molecular formula is C15H24N2O. The standard InChI is InChI=1S/C15H24N2O/c1-6-8-12(3)10-17-11-13(4)16-15(17)14(18-5)9-7-2/h9-11H,6-8H2,1-5H3/b12-10+,14-9-. The van der Waals surface area contributed by atoms with Crippen molar-refractivity contribution in [2.24, 2.45) is 0 Å². The molecule has 1 aromatic rings. The number of ether oxygens (including phenoxy) is 1. The Bertz CT molecular complexity index is 441. The minimum Gasteiger partial charge on any atom is -0.493 e. The molecule has 0 radical (unpaired) electrons. The molecule has 3 heteroatoms. The summed E-state index contributed by atoms with van der Waals surface area (Å²) >= 11 is 0. The van der Waals surface area contributed by atoms with Gasteiger partial charge in [-0.3, -0.25) is 0 Å². The number of imidazole rings is 1. The van der Waals surface area contributed by atoms with Crippen molar-refractivity contribution in [1.82, 2.24) is 9.55 Å². The molecule has 0 aliphatic carbocycles. The van der Waals surface area contributed by atoms with Gasteiger partial charge in [-0.25, -0.2) is 4.98 Å². The summed E-state index contributed by atoms with van der Waals surface area (Å²) in [4.78, 5) is 4.54. The summed E-state index contributed by atoms with van der Waals surface area (Å²) < 4.78 is 7.48. The van der Waals surface area contributed by atoms with Crippen molar-refractivity contribution >= 4 is 12.0 Å². The highest BCUT2D eigenvalue weighted by Gasteiger charge is 2.09. The molecule has 1 aromatic heterocycles. The molecule has 0 amide bonds. The molecule has 0 bridgehead atoms. The van der Waals surface area contributed by atoms with E-state index in [-0.39, 0.29) is 0 Å². The zero-order valence-electron chi connectivity index (χ0n) is 12.2. The third-order valence-corrected chi connectivity index (χ3v) is 2.69. The topological polar surface area (TPSA) is 27.1 Å². The minimum absolute atomic E-state index is 0.839. The summed E-state index contributed by atoms with van der Waals surface area (Å²) in [6.45, 7) is 8.44. The Hall–Kier alpha value is -1.51. The highest BCUT2D eigenvalue weighted by atomic mass is 16.5. The summed E-state index contributed by atoms with van der Waals surface area (Å²) in [6.07, 6.45) is 9.44. The van der Waals surface area contributed by atoms with Gasteiger partial charge in [0.2, 0.25) is 0 Å². The quantitative estimate of drug-likeness (QED) is 0.704. The number of hydrogen-bond acceptors (Lipinski definition) is 2. The maximum Gasteiger partial charge on any atom is 0.179 e. The largest absolute Gasteiger partial charge is 0.493 e. The average Bonchev–Trinajstić information content (AvgIpc) is 2.67. The Morgan fingerprint density at radius 1 is 1.44 bits per heavy atom. The Morgan fingerprint density at radius 3 is 2.72 bits per heavy atom.